The van der Waals surface area contributed by atoms with Crippen molar-refractivity contribution in [2.45, 2.75) is 35.1 Å². The molecular weight excluding hydrogens is 407 g/mol. The maximum atomic E-state index is 2.54. The van der Waals surface area contributed by atoms with Crippen molar-refractivity contribution in [3.05, 3.63) is 82.9 Å². The summed E-state index contributed by atoms with van der Waals surface area (Å²) >= 11 is -0.368. The summed E-state index contributed by atoms with van der Waals surface area (Å²) in [4.78, 5) is 0. The first-order valence-corrected chi connectivity index (χ1v) is 10.9. The molecule has 4 rings (SSSR count). The van der Waals surface area contributed by atoms with Gasteiger partial charge in [-0.25, -0.2) is 0 Å². The van der Waals surface area contributed by atoms with Crippen LogP contribution in [0.2, 0.25) is 0 Å². The third kappa shape index (κ3) is 3.40. The number of fused-ring (bicyclic) bond motifs is 2. The standard InChI is InChI=1S/2C12H13.2ClH.Ti/c2*1-9(2)11-8-7-10-5-3-4-6-12(10)11;;;/h2*3-9H,1-2H3;2*1H;/q;;;;+2/p-2. The van der Waals surface area contributed by atoms with Crippen LogP contribution in [0.3, 0.4) is 0 Å². The molecule has 2 unspecified atom stereocenters. The summed E-state index contributed by atoms with van der Waals surface area (Å²) in [6.07, 6.45) is 9.83. The van der Waals surface area contributed by atoms with Crippen molar-refractivity contribution >= 4 is 12.2 Å². The Kier molecular flexibility index (Phi) is 6.91. The van der Waals surface area contributed by atoms with Crippen LogP contribution in [0.5, 0.6) is 0 Å². The fourth-order valence-electron chi connectivity index (χ4n) is 4.52. The second-order valence-electron chi connectivity index (χ2n) is 8.01. The Bertz CT molecular complexity index is 797. The largest absolute Gasteiger partial charge is 1.00 e. The molecule has 0 aliphatic heterocycles. The van der Waals surface area contributed by atoms with Crippen molar-refractivity contribution in [3.63, 3.8) is 0 Å². The normalized spacial score (nSPS) is 24.2. The number of allylic oxidation sites excluding steroid dienone is 2. The molecule has 0 spiro atoms. The minimum atomic E-state index is -0.368. The molecule has 27 heavy (non-hydrogen) atoms. The molecule has 2 aliphatic carbocycles. The molecule has 140 valence electrons. The van der Waals surface area contributed by atoms with Crippen LogP contribution in [0, 0.1) is 11.8 Å². The molecule has 0 saturated heterocycles. The molecule has 0 fully saturated rings. The van der Waals surface area contributed by atoms with Crippen LogP contribution in [-0.2, 0) is 26.6 Å². The third-order valence-electron chi connectivity index (χ3n) is 6.10. The molecule has 2 aliphatic rings. The SMILES string of the molecule is CC(C)[C]1([Ti+2][C]2(C(C)C)C=Cc3ccccc32)C=Cc2ccccc21.[Cl-].[Cl-]. The molecule has 2 atom stereocenters. The molecule has 2 aromatic rings. The summed E-state index contributed by atoms with van der Waals surface area (Å²) < 4.78 is 0.450. The van der Waals surface area contributed by atoms with Crippen LogP contribution in [0.1, 0.15) is 49.9 Å². The van der Waals surface area contributed by atoms with Gasteiger partial charge in [0.2, 0.25) is 0 Å². The quantitative estimate of drug-likeness (QED) is 0.607. The molecule has 2 aromatic carbocycles. The second-order valence-corrected chi connectivity index (χ2v) is 11.0. The van der Waals surface area contributed by atoms with E-state index in [2.05, 4.69) is 101 Å². The molecule has 0 heterocycles. The molecule has 0 bridgehead atoms. The maximum Gasteiger partial charge on any atom is -1.00 e. The second kappa shape index (κ2) is 8.30. The fourth-order valence-corrected chi connectivity index (χ4v) is 8.14. The molecule has 0 nitrogen and oxygen atoms in total. The van der Waals surface area contributed by atoms with Gasteiger partial charge in [-0.15, -0.1) is 0 Å². The van der Waals surface area contributed by atoms with Crippen LogP contribution >= 0.6 is 0 Å². The molecule has 3 heteroatoms. The predicted octanol–water partition coefficient (Wildman–Crippen LogP) is 0.234. The predicted molar refractivity (Wildman–Crippen MR) is 104 cm³/mol. The van der Waals surface area contributed by atoms with Crippen molar-refractivity contribution in [1.29, 1.82) is 0 Å². The van der Waals surface area contributed by atoms with E-state index < -0.39 is 0 Å². The summed E-state index contributed by atoms with van der Waals surface area (Å²) in [6, 6.07) is 18.1. The van der Waals surface area contributed by atoms with Crippen molar-refractivity contribution in [2.75, 3.05) is 0 Å². The van der Waals surface area contributed by atoms with Crippen molar-refractivity contribution in [3.8, 4) is 0 Å². The van der Waals surface area contributed by atoms with Crippen molar-refractivity contribution in [2.24, 2.45) is 11.8 Å². The van der Waals surface area contributed by atoms with E-state index in [1.54, 1.807) is 11.1 Å². The van der Waals surface area contributed by atoms with Crippen molar-refractivity contribution in [1.82, 2.24) is 0 Å². The average molecular weight is 433 g/mol. The van der Waals surface area contributed by atoms with E-state index in [1.807, 2.05) is 0 Å². The minimum absolute atomic E-state index is 0. The Morgan fingerprint density at radius 2 is 1.00 bits per heavy atom. The van der Waals surface area contributed by atoms with Gasteiger partial charge in [-0.1, -0.05) is 0 Å². The monoisotopic (exact) mass is 432 g/mol. The molecule has 0 radical (unpaired) electrons. The summed E-state index contributed by atoms with van der Waals surface area (Å²) in [5.74, 6) is 1.23. The van der Waals surface area contributed by atoms with Crippen LogP contribution in [0.25, 0.3) is 12.2 Å². The van der Waals surface area contributed by atoms with E-state index in [-0.39, 0.29) is 51.4 Å². The number of rotatable bonds is 4. The number of hydrogen-bond donors (Lipinski definition) is 0. The van der Waals surface area contributed by atoms with Gasteiger partial charge in [-0.3, -0.25) is 0 Å². The van der Waals surface area contributed by atoms with E-state index in [0.29, 0.717) is 11.8 Å². The summed E-state index contributed by atoms with van der Waals surface area (Å²) in [7, 11) is 0. The molecular formula is C24H26Cl2Ti. The zero-order chi connectivity index (χ0) is 17.7. The van der Waals surface area contributed by atoms with E-state index in [9.17, 15) is 0 Å². The molecule has 0 aromatic heterocycles. The van der Waals surface area contributed by atoms with Crippen LogP contribution in [0.15, 0.2) is 60.7 Å². The van der Waals surface area contributed by atoms with Crippen LogP contribution < -0.4 is 24.8 Å². The fraction of sp³-hybridized carbons (Fsp3) is 0.333. The maximum absolute atomic E-state index is 2.54. The number of hydrogen-bond acceptors (Lipinski definition) is 0. The van der Waals surface area contributed by atoms with Crippen LogP contribution in [0.4, 0.5) is 0 Å². The number of benzene rings is 2. The first-order chi connectivity index (χ1) is 12.0. The van der Waals surface area contributed by atoms with E-state index in [4.69, 9.17) is 0 Å². The van der Waals surface area contributed by atoms with Gasteiger partial charge in [-0.05, 0) is 0 Å². The Hall–Kier alpha value is -0.786. The number of halogens is 2. The average Bonchev–Trinajstić information content (AvgIpc) is 3.17. The first kappa shape index (κ1) is 22.5. The summed E-state index contributed by atoms with van der Waals surface area (Å²) in [6.45, 7) is 9.64. The van der Waals surface area contributed by atoms with Gasteiger partial charge >= 0.3 is 161 Å². The smallest absolute Gasteiger partial charge is 1.00 e. The van der Waals surface area contributed by atoms with Gasteiger partial charge in [0.1, 0.15) is 0 Å². The zero-order valence-corrected chi connectivity index (χ0v) is 19.4. The van der Waals surface area contributed by atoms with Crippen LogP contribution in [-0.4, -0.2) is 0 Å². The zero-order valence-electron chi connectivity index (χ0n) is 16.3. The Balaban J connectivity index is 0.00000131. The third-order valence-corrected chi connectivity index (χ3v) is 10.6. The van der Waals surface area contributed by atoms with Gasteiger partial charge in [0.15, 0.2) is 0 Å². The summed E-state index contributed by atoms with van der Waals surface area (Å²) in [5, 5.41) is 0. The van der Waals surface area contributed by atoms with E-state index >= 15 is 0 Å². The van der Waals surface area contributed by atoms with Gasteiger partial charge in [0.25, 0.3) is 0 Å². The molecule has 0 saturated carbocycles. The Morgan fingerprint density at radius 3 is 1.37 bits per heavy atom. The Morgan fingerprint density at radius 1 is 0.630 bits per heavy atom. The Labute approximate surface area is 185 Å². The summed E-state index contributed by atoms with van der Waals surface area (Å²) in [5.41, 5.74) is 5.97. The van der Waals surface area contributed by atoms with E-state index in [0.717, 1.165) is 0 Å². The van der Waals surface area contributed by atoms with Gasteiger partial charge < -0.3 is 24.8 Å². The van der Waals surface area contributed by atoms with Gasteiger partial charge in [-0.2, -0.15) is 0 Å². The van der Waals surface area contributed by atoms with Crippen molar-refractivity contribution < 1.29 is 44.0 Å². The van der Waals surface area contributed by atoms with E-state index in [1.165, 1.54) is 11.1 Å². The molecule has 0 amide bonds. The van der Waals surface area contributed by atoms with Gasteiger partial charge in [0.05, 0.1) is 0 Å². The first-order valence-electron chi connectivity index (χ1n) is 9.36. The topological polar surface area (TPSA) is 0 Å². The molecule has 0 N–H and O–H groups in total. The minimum Gasteiger partial charge on any atom is -1.00 e. The van der Waals surface area contributed by atoms with Gasteiger partial charge in [0, 0.05) is 0 Å².